The average molecular weight is 197 g/mol. The highest BCUT2D eigenvalue weighted by molar-refractivity contribution is 4.79. The van der Waals surface area contributed by atoms with Gasteiger partial charge in [-0.15, -0.1) is 0 Å². The molecule has 0 aliphatic heterocycles. The molecule has 0 amide bonds. The number of hydrogen-bond acceptors (Lipinski definition) is 2. The quantitative estimate of drug-likeness (QED) is 0.701. The number of nitrogens with zero attached hydrogens (tertiary/aromatic N) is 2. The molecule has 0 bridgehead atoms. The Morgan fingerprint density at radius 2 is 2.14 bits per heavy atom. The van der Waals surface area contributed by atoms with Crippen LogP contribution in [-0.2, 0) is 13.6 Å². The summed E-state index contributed by atoms with van der Waals surface area (Å²) in [4.78, 5) is 11.4. The summed E-state index contributed by atoms with van der Waals surface area (Å²) in [6.45, 7) is 5.99. The van der Waals surface area contributed by atoms with E-state index in [2.05, 4.69) is 19.2 Å². The van der Waals surface area contributed by atoms with Gasteiger partial charge in [0.1, 0.15) is 0 Å². The molecule has 0 atom stereocenters. The summed E-state index contributed by atoms with van der Waals surface area (Å²) in [6, 6.07) is 0.516. The third kappa shape index (κ3) is 3.03. The van der Waals surface area contributed by atoms with Gasteiger partial charge >= 0.3 is 5.69 Å². The first-order valence-electron chi connectivity index (χ1n) is 5.06. The van der Waals surface area contributed by atoms with Crippen LogP contribution in [0.5, 0.6) is 0 Å². The second-order valence-corrected chi connectivity index (χ2v) is 3.85. The van der Waals surface area contributed by atoms with E-state index in [9.17, 15) is 4.79 Å². The largest absolute Gasteiger partial charge is 0.327 e. The number of aryl methyl sites for hydroxylation is 2. The van der Waals surface area contributed by atoms with E-state index in [0.717, 1.165) is 19.5 Å². The van der Waals surface area contributed by atoms with Crippen LogP contribution in [0.15, 0.2) is 17.2 Å². The summed E-state index contributed by atoms with van der Waals surface area (Å²) < 4.78 is 3.33. The lowest BCUT2D eigenvalue weighted by Crippen LogP contribution is -2.27. The zero-order valence-electron chi connectivity index (χ0n) is 9.16. The van der Waals surface area contributed by atoms with Crippen LogP contribution in [0.1, 0.15) is 20.3 Å². The van der Waals surface area contributed by atoms with Gasteiger partial charge in [0.15, 0.2) is 0 Å². The van der Waals surface area contributed by atoms with E-state index in [4.69, 9.17) is 0 Å². The predicted octanol–water partition coefficient (Wildman–Crippen LogP) is 0.575. The van der Waals surface area contributed by atoms with Crippen LogP contribution in [0.2, 0.25) is 0 Å². The molecular formula is C10H19N3O. The molecule has 14 heavy (non-hydrogen) atoms. The number of rotatable bonds is 5. The van der Waals surface area contributed by atoms with Gasteiger partial charge in [-0.2, -0.15) is 0 Å². The van der Waals surface area contributed by atoms with Crippen LogP contribution < -0.4 is 11.0 Å². The van der Waals surface area contributed by atoms with Crippen molar-refractivity contribution in [2.75, 3.05) is 6.54 Å². The molecule has 0 saturated carbocycles. The van der Waals surface area contributed by atoms with Crippen molar-refractivity contribution in [3.8, 4) is 0 Å². The molecule has 0 spiro atoms. The molecule has 1 aromatic rings. The summed E-state index contributed by atoms with van der Waals surface area (Å²) in [5.41, 5.74) is 0.0644. The molecule has 0 aromatic carbocycles. The van der Waals surface area contributed by atoms with Gasteiger partial charge in [-0.25, -0.2) is 4.79 Å². The van der Waals surface area contributed by atoms with Gasteiger partial charge in [0.05, 0.1) is 0 Å². The standard InChI is InChI=1S/C10H19N3O/c1-9(2)11-5-4-6-13-8-7-12(3)10(13)14/h7-9,11H,4-6H2,1-3H3. The Hall–Kier alpha value is -1.03. The van der Waals surface area contributed by atoms with Crippen LogP contribution >= 0.6 is 0 Å². The van der Waals surface area contributed by atoms with Crippen molar-refractivity contribution < 1.29 is 0 Å². The molecule has 1 N–H and O–H groups in total. The second-order valence-electron chi connectivity index (χ2n) is 3.85. The Labute approximate surface area is 84.5 Å². The fraction of sp³-hybridized carbons (Fsp3) is 0.700. The molecule has 4 nitrogen and oxygen atoms in total. The van der Waals surface area contributed by atoms with Crippen LogP contribution in [0.3, 0.4) is 0 Å². The SMILES string of the molecule is CC(C)NCCCn1ccn(C)c1=O. The van der Waals surface area contributed by atoms with E-state index in [-0.39, 0.29) is 5.69 Å². The minimum Gasteiger partial charge on any atom is -0.314 e. The van der Waals surface area contributed by atoms with E-state index in [1.165, 1.54) is 0 Å². The third-order valence-corrected chi connectivity index (χ3v) is 2.15. The number of imidazole rings is 1. The highest BCUT2D eigenvalue weighted by Gasteiger charge is 1.98. The smallest absolute Gasteiger partial charge is 0.314 e. The summed E-state index contributed by atoms with van der Waals surface area (Å²) in [6.07, 6.45) is 4.61. The zero-order chi connectivity index (χ0) is 10.6. The zero-order valence-corrected chi connectivity index (χ0v) is 9.16. The summed E-state index contributed by atoms with van der Waals surface area (Å²) in [7, 11) is 1.77. The number of nitrogens with one attached hydrogen (secondary N) is 1. The Kier molecular flexibility index (Phi) is 3.95. The van der Waals surface area contributed by atoms with E-state index in [1.807, 2.05) is 6.20 Å². The Balaban J connectivity index is 2.32. The monoisotopic (exact) mass is 197 g/mol. The van der Waals surface area contributed by atoms with Crippen molar-refractivity contribution in [2.45, 2.75) is 32.9 Å². The molecule has 1 rings (SSSR count). The van der Waals surface area contributed by atoms with Gasteiger partial charge in [-0.05, 0) is 13.0 Å². The van der Waals surface area contributed by atoms with Crippen molar-refractivity contribution >= 4 is 0 Å². The lowest BCUT2D eigenvalue weighted by Gasteiger charge is -2.07. The van der Waals surface area contributed by atoms with E-state index < -0.39 is 0 Å². The third-order valence-electron chi connectivity index (χ3n) is 2.15. The van der Waals surface area contributed by atoms with Gasteiger partial charge in [0, 0.05) is 32.0 Å². The maximum absolute atomic E-state index is 11.4. The lowest BCUT2D eigenvalue weighted by atomic mass is 10.3. The van der Waals surface area contributed by atoms with Crippen molar-refractivity contribution in [1.29, 1.82) is 0 Å². The highest BCUT2D eigenvalue weighted by Crippen LogP contribution is 1.87. The summed E-state index contributed by atoms with van der Waals surface area (Å²) in [5.74, 6) is 0. The van der Waals surface area contributed by atoms with Gasteiger partial charge in [0.2, 0.25) is 0 Å². The maximum Gasteiger partial charge on any atom is 0.327 e. The molecule has 0 saturated heterocycles. The topological polar surface area (TPSA) is 39.0 Å². The number of hydrogen-bond donors (Lipinski definition) is 1. The van der Waals surface area contributed by atoms with Crippen LogP contribution in [0, 0.1) is 0 Å². The van der Waals surface area contributed by atoms with Crippen molar-refractivity contribution in [2.24, 2.45) is 7.05 Å². The summed E-state index contributed by atoms with van der Waals surface area (Å²) >= 11 is 0. The van der Waals surface area contributed by atoms with E-state index >= 15 is 0 Å². The first kappa shape index (κ1) is 11.0. The van der Waals surface area contributed by atoms with Gasteiger partial charge in [0.25, 0.3) is 0 Å². The Morgan fingerprint density at radius 1 is 1.43 bits per heavy atom. The molecule has 1 heterocycles. The molecule has 0 radical (unpaired) electrons. The lowest BCUT2D eigenvalue weighted by molar-refractivity contribution is 0.527. The molecule has 80 valence electrons. The van der Waals surface area contributed by atoms with Crippen LogP contribution in [0.25, 0.3) is 0 Å². The summed E-state index contributed by atoms with van der Waals surface area (Å²) in [5, 5.41) is 3.32. The fourth-order valence-electron chi connectivity index (χ4n) is 1.32. The predicted molar refractivity (Wildman–Crippen MR) is 57.4 cm³/mol. The molecule has 1 aromatic heterocycles. The van der Waals surface area contributed by atoms with E-state index in [1.54, 1.807) is 22.4 Å². The molecular weight excluding hydrogens is 178 g/mol. The molecule has 0 fully saturated rings. The highest BCUT2D eigenvalue weighted by atomic mass is 16.1. The Bertz CT molecular complexity index is 324. The van der Waals surface area contributed by atoms with Crippen LogP contribution in [0.4, 0.5) is 0 Å². The fourth-order valence-corrected chi connectivity index (χ4v) is 1.32. The van der Waals surface area contributed by atoms with Gasteiger partial charge in [-0.1, -0.05) is 13.8 Å². The van der Waals surface area contributed by atoms with Gasteiger partial charge in [-0.3, -0.25) is 4.57 Å². The maximum atomic E-state index is 11.4. The van der Waals surface area contributed by atoms with Crippen molar-refractivity contribution in [3.05, 3.63) is 22.9 Å². The minimum absolute atomic E-state index is 0.0644. The van der Waals surface area contributed by atoms with E-state index in [0.29, 0.717) is 6.04 Å². The first-order valence-corrected chi connectivity index (χ1v) is 5.06. The molecule has 0 aliphatic carbocycles. The normalized spacial score (nSPS) is 11.1. The first-order chi connectivity index (χ1) is 6.61. The van der Waals surface area contributed by atoms with Crippen LogP contribution in [-0.4, -0.2) is 21.7 Å². The van der Waals surface area contributed by atoms with Crippen molar-refractivity contribution in [1.82, 2.24) is 14.5 Å². The molecule has 4 heteroatoms. The minimum atomic E-state index is 0.0644. The van der Waals surface area contributed by atoms with Crippen molar-refractivity contribution in [3.63, 3.8) is 0 Å². The molecule has 0 unspecified atom stereocenters. The van der Waals surface area contributed by atoms with Gasteiger partial charge < -0.3 is 9.88 Å². The molecule has 0 aliphatic rings. The number of aromatic nitrogens is 2. The average Bonchev–Trinajstić information content (AvgIpc) is 2.43. The Morgan fingerprint density at radius 3 is 2.64 bits per heavy atom. The second kappa shape index (κ2) is 5.00.